The zero-order valence-corrected chi connectivity index (χ0v) is 10.5. The molecule has 5 nitrogen and oxygen atoms in total. The van der Waals surface area contributed by atoms with Crippen molar-refractivity contribution in [3.8, 4) is 0 Å². The monoisotopic (exact) mass is 252 g/mol. The number of nitrogens with zero attached hydrogens (tertiary/aromatic N) is 3. The fraction of sp³-hybridized carbons (Fsp3) is 0.545. The summed E-state index contributed by atoms with van der Waals surface area (Å²) in [6.45, 7) is 3.44. The standard InChI is InChI=1S/C11H16N4OS/c1-7(16)8-2-5-15(6-8)11-9(10(12)17)13-3-4-14-11/h3-4,7-8,16H,2,5-6H2,1H3,(H2,12,17). The average Bonchev–Trinajstić information content (AvgIpc) is 2.78. The molecule has 1 fully saturated rings. The van der Waals surface area contributed by atoms with Crippen LogP contribution in [0.2, 0.25) is 0 Å². The van der Waals surface area contributed by atoms with E-state index in [1.807, 2.05) is 6.92 Å². The van der Waals surface area contributed by atoms with Crippen LogP contribution in [-0.2, 0) is 0 Å². The highest BCUT2D eigenvalue weighted by Crippen LogP contribution is 2.25. The number of hydrogen-bond acceptors (Lipinski definition) is 5. The number of aromatic nitrogens is 2. The molecule has 2 heterocycles. The summed E-state index contributed by atoms with van der Waals surface area (Å²) < 4.78 is 0. The van der Waals surface area contributed by atoms with E-state index in [2.05, 4.69) is 14.9 Å². The maximum absolute atomic E-state index is 9.58. The Morgan fingerprint density at radius 1 is 1.59 bits per heavy atom. The molecule has 0 spiro atoms. The first-order valence-corrected chi connectivity index (χ1v) is 6.04. The topological polar surface area (TPSA) is 75.3 Å². The number of aliphatic hydroxyl groups excluding tert-OH is 1. The van der Waals surface area contributed by atoms with E-state index in [0.29, 0.717) is 5.69 Å². The SMILES string of the molecule is CC(O)C1CCN(c2nccnc2C(N)=S)C1. The smallest absolute Gasteiger partial charge is 0.157 e. The summed E-state index contributed by atoms with van der Waals surface area (Å²) in [5.74, 6) is 0.999. The maximum atomic E-state index is 9.58. The van der Waals surface area contributed by atoms with E-state index in [-0.39, 0.29) is 17.0 Å². The Kier molecular flexibility index (Phi) is 3.54. The Bertz CT molecular complexity index is 424. The molecule has 92 valence electrons. The minimum atomic E-state index is -0.301. The lowest BCUT2D eigenvalue weighted by Crippen LogP contribution is -2.27. The van der Waals surface area contributed by atoms with E-state index in [4.69, 9.17) is 18.0 Å². The molecule has 17 heavy (non-hydrogen) atoms. The van der Waals surface area contributed by atoms with Crippen molar-refractivity contribution >= 4 is 23.0 Å². The molecule has 1 aromatic rings. The molecule has 2 rings (SSSR count). The molecule has 0 aromatic carbocycles. The Morgan fingerprint density at radius 3 is 2.88 bits per heavy atom. The highest BCUT2D eigenvalue weighted by atomic mass is 32.1. The van der Waals surface area contributed by atoms with Crippen molar-refractivity contribution in [3.63, 3.8) is 0 Å². The van der Waals surface area contributed by atoms with E-state index in [1.54, 1.807) is 12.4 Å². The van der Waals surface area contributed by atoms with Crippen molar-refractivity contribution in [3.05, 3.63) is 18.1 Å². The molecule has 3 N–H and O–H groups in total. The first-order valence-electron chi connectivity index (χ1n) is 5.63. The lowest BCUT2D eigenvalue weighted by Gasteiger charge is -2.20. The molecule has 1 aliphatic rings. The van der Waals surface area contributed by atoms with Crippen LogP contribution in [0.5, 0.6) is 0 Å². The minimum absolute atomic E-state index is 0.258. The molecule has 0 aliphatic carbocycles. The minimum Gasteiger partial charge on any atom is -0.393 e. The second kappa shape index (κ2) is 4.93. The molecule has 6 heteroatoms. The molecule has 0 radical (unpaired) electrons. The third-order valence-electron chi connectivity index (χ3n) is 3.12. The normalized spacial score (nSPS) is 21.5. The number of aliphatic hydroxyl groups is 1. The summed E-state index contributed by atoms with van der Waals surface area (Å²) in [5, 5.41) is 9.58. The third kappa shape index (κ3) is 2.53. The quantitative estimate of drug-likeness (QED) is 0.755. The van der Waals surface area contributed by atoms with Crippen molar-refractivity contribution in [1.29, 1.82) is 0 Å². The van der Waals surface area contributed by atoms with Crippen LogP contribution < -0.4 is 10.6 Å². The van der Waals surface area contributed by atoms with E-state index >= 15 is 0 Å². The van der Waals surface area contributed by atoms with Crippen LogP contribution in [-0.4, -0.2) is 39.3 Å². The summed E-state index contributed by atoms with van der Waals surface area (Å²) in [6.07, 6.45) is 3.86. The molecule has 1 aliphatic heterocycles. The first kappa shape index (κ1) is 12.2. The lowest BCUT2D eigenvalue weighted by atomic mass is 10.0. The summed E-state index contributed by atoms with van der Waals surface area (Å²) in [6, 6.07) is 0. The van der Waals surface area contributed by atoms with E-state index < -0.39 is 0 Å². The van der Waals surface area contributed by atoms with Gasteiger partial charge in [-0.25, -0.2) is 9.97 Å². The van der Waals surface area contributed by atoms with Gasteiger partial charge in [-0.15, -0.1) is 0 Å². The largest absolute Gasteiger partial charge is 0.393 e. The molecule has 1 aromatic heterocycles. The molecule has 2 unspecified atom stereocenters. The van der Waals surface area contributed by atoms with Gasteiger partial charge in [0.2, 0.25) is 0 Å². The number of thiocarbonyl (C=S) groups is 1. The van der Waals surface area contributed by atoms with Crippen LogP contribution in [0.1, 0.15) is 19.0 Å². The van der Waals surface area contributed by atoms with E-state index in [1.165, 1.54) is 0 Å². The third-order valence-corrected chi connectivity index (χ3v) is 3.31. The van der Waals surface area contributed by atoms with Crippen LogP contribution in [0.3, 0.4) is 0 Å². The fourth-order valence-electron chi connectivity index (χ4n) is 2.11. The molecule has 0 bridgehead atoms. The van der Waals surface area contributed by atoms with Crippen molar-refractivity contribution in [2.24, 2.45) is 11.7 Å². The van der Waals surface area contributed by atoms with E-state index in [0.717, 1.165) is 25.3 Å². The summed E-state index contributed by atoms with van der Waals surface area (Å²) in [4.78, 5) is 10.8. The highest BCUT2D eigenvalue weighted by Gasteiger charge is 2.28. The predicted molar refractivity (Wildman–Crippen MR) is 69.9 cm³/mol. The highest BCUT2D eigenvalue weighted by molar-refractivity contribution is 7.80. The predicted octanol–water partition coefficient (Wildman–Crippen LogP) is 0.318. The second-order valence-electron chi connectivity index (χ2n) is 4.33. The van der Waals surface area contributed by atoms with Gasteiger partial charge in [-0.3, -0.25) is 0 Å². The molecular formula is C11H16N4OS. The Morgan fingerprint density at radius 2 is 2.29 bits per heavy atom. The van der Waals surface area contributed by atoms with Gasteiger partial charge in [-0.05, 0) is 13.3 Å². The molecule has 2 atom stereocenters. The zero-order valence-electron chi connectivity index (χ0n) is 9.71. The van der Waals surface area contributed by atoms with Gasteiger partial charge >= 0.3 is 0 Å². The Hall–Kier alpha value is -1.27. The van der Waals surface area contributed by atoms with Gasteiger partial charge in [0.05, 0.1) is 6.10 Å². The molecular weight excluding hydrogens is 236 g/mol. The van der Waals surface area contributed by atoms with Crippen LogP contribution in [0.4, 0.5) is 5.82 Å². The van der Waals surface area contributed by atoms with Crippen LogP contribution in [0.15, 0.2) is 12.4 Å². The second-order valence-corrected chi connectivity index (χ2v) is 4.77. The van der Waals surface area contributed by atoms with Crippen LogP contribution in [0.25, 0.3) is 0 Å². The Labute approximate surface area is 106 Å². The number of nitrogens with two attached hydrogens (primary N) is 1. The summed E-state index contributed by atoms with van der Waals surface area (Å²) in [7, 11) is 0. The van der Waals surface area contributed by atoms with Crippen molar-refractivity contribution in [1.82, 2.24) is 9.97 Å². The molecule has 0 saturated carbocycles. The van der Waals surface area contributed by atoms with Gasteiger partial charge in [0.25, 0.3) is 0 Å². The van der Waals surface area contributed by atoms with Crippen LogP contribution >= 0.6 is 12.2 Å². The van der Waals surface area contributed by atoms with Gasteiger partial charge in [-0.1, -0.05) is 12.2 Å². The van der Waals surface area contributed by atoms with Gasteiger partial charge < -0.3 is 15.7 Å². The maximum Gasteiger partial charge on any atom is 0.157 e. The number of rotatable bonds is 3. The van der Waals surface area contributed by atoms with Crippen molar-refractivity contribution < 1.29 is 5.11 Å². The van der Waals surface area contributed by atoms with Gasteiger partial charge in [0, 0.05) is 31.4 Å². The first-order chi connectivity index (χ1) is 8.09. The van der Waals surface area contributed by atoms with Crippen molar-refractivity contribution in [2.75, 3.05) is 18.0 Å². The van der Waals surface area contributed by atoms with Gasteiger partial charge in [-0.2, -0.15) is 0 Å². The van der Waals surface area contributed by atoms with Crippen LogP contribution in [0, 0.1) is 5.92 Å². The Balaban J connectivity index is 2.21. The van der Waals surface area contributed by atoms with E-state index in [9.17, 15) is 5.11 Å². The number of hydrogen-bond donors (Lipinski definition) is 2. The molecule has 1 saturated heterocycles. The zero-order chi connectivity index (χ0) is 12.4. The van der Waals surface area contributed by atoms with Gasteiger partial charge in [0.15, 0.2) is 5.82 Å². The summed E-state index contributed by atoms with van der Waals surface area (Å²) in [5.41, 5.74) is 6.19. The van der Waals surface area contributed by atoms with Crippen molar-refractivity contribution in [2.45, 2.75) is 19.4 Å². The average molecular weight is 252 g/mol. The molecule has 0 amide bonds. The summed E-state index contributed by atoms with van der Waals surface area (Å²) >= 11 is 4.97. The van der Waals surface area contributed by atoms with Gasteiger partial charge in [0.1, 0.15) is 10.7 Å². The number of anilines is 1. The fourth-order valence-corrected chi connectivity index (χ4v) is 2.25. The lowest BCUT2D eigenvalue weighted by molar-refractivity contribution is 0.136.